The van der Waals surface area contributed by atoms with Gasteiger partial charge in [-0.05, 0) is 113 Å². The molecule has 3 aliphatic rings. The number of rotatable bonds is 5. The number of nitrogens with zero attached hydrogens (tertiary/aromatic N) is 1. The maximum Gasteiger partial charge on any atom is 0.0725 e. The summed E-state index contributed by atoms with van der Waals surface area (Å²) in [7, 11) is 0. The maximum absolute atomic E-state index is 2.56. The number of benzene rings is 10. The van der Waals surface area contributed by atoms with Crippen molar-refractivity contribution in [1.82, 2.24) is 0 Å². The van der Waals surface area contributed by atoms with Gasteiger partial charge in [-0.15, -0.1) is 0 Å². The van der Waals surface area contributed by atoms with Gasteiger partial charge in [-0.2, -0.15) is 0 Å². The largest absolute Gasteiger partial charge is 0.309 e. The molecular weight excluding hydrogens is 759 g/mol. The second-order valence-electron chi connectivity index (χ2n) is 17.9. The second kappa shape index (κ2) is 13.4. The first-order chi connectivity index (χ1) is 31.0. The van der Waals surface area contributed by atoms with Crippen LogP contribution in [-0.2, 0) is 10.8 Å². The molecule has 0 heterocycles. The highest BCUT2D eigenvalue weighted by atomic mass is 15.1. The van der Waals surface area contributed by atoms with Crippen LogP contribution in [0.15, 0.2) is 224 Å². The van der Waals surface area contributed by atoms with Crippen molar-refractivity contribution in [3.05, 3.63) is 258 Å². The highest BCUT2D eigenvalue weighted by molar-refractivity contribution is 6.08. The minimum Gasteiger partial charge on any atom is -0.309 e. The fourth-order valence-corrected chi connectivity index (χ4v) is 11.9. The Kier molecular flexibility index (Phi) is 7.64. The second-order valence-corrected chi connectivity index (χ2v) is 17.9. The van der Waals surface area contributed by atoms with E-state index in [0.29, 0.717) is 0 Å². The van der Waals surface area contributed by atoms with E-state index in [9.17, 15) is 0 Å². The van der Waals surface area contributed by atoms with Crippen LogP contribution in [0, 0.1) is 0 Å². The van der Waals surface area contributed by atoms with Crippen molar-refractivity contribution in [3.63, 3.8) is 0 Å². The van der Waals surface area contributed by atoms with Gasteiger partial charge in [0, 0.05) is 22.2 Å². The average Bonchev–Trinajstić information content (AvgIpc) is 3.90. The number of hydrogen-bond donors (Lipinski definition) is 0. The van der Waals surface area contributed by atoms with E-state index >= 15 is 0 Å². The van der Waals surface area contributed by atoms with Crippen molar-refractivity contribution < 1.29 is 0 Å². The lowest BCUT2D eigenvalue weighted by atomic mass is 9.70. The van der Waals surface area contributed by atoms with Crippen molar-refractivity contribution in [2.75, 3.05) is 4.90 Å². The van der Waals surface area contributed by atoms with Gasteiger partial charge >= 0.3 is 0 Å². The Morgan fingerprint density at radius 3 is 1.57 bits per heavy atom. The van der Waals surface area contributed by atoms with Gasteiger partial charge in [0.05, 0.1) is 16.8 Å². The summed E-state index contributed by atoms with van der Waals surface area (Å²) in [6.45, 7) is 4.76. The third-order valence-corrected chi connectivity index (χ3v) is 14.5. The molecule has 0 saturated heterocycles. The lowest BCUT2D eigenvalue weighted by Gasteiger charge is -2.32. The minimum atomic E-state index is -0.427. The maximum atomic E-state index is 2.56. The molecule has 0 atom stereocenters. The molecule has 0 saturated carbocycles. The molecule has 0 radical (unpaired) electrons. The van der Waals surface area contributed by atoms with Crippen LogP contribution in [0.1, 0.15) is 47.2 Å². The third kappa shape index (κ3) is 4.88. The van der Waals surface area contributed by atoms with Crippen LogP contribution in [-0.4, -0.2) is 0 Å². The van der Waals surface area contributed by atoms with Crippen LogP contribution in [0.25, 0.3) is 66.4 Å². The summed E-state index contributed by atoms with van der Waals surface area (Å²) in [6.07, 6.45) is 0. The van der Waals surface area contributed by atoms with Gasteiger partial charge in [0.2, 0.25) is 0 Å². The number of para-hydroxylation sites is 1. The van der Waals surface area contributed by atoms with E-state index in [1.54, 1.807) is 0 Å². The normalized spacial score (nSPS) is 14.1. The quantitative estimate of drug-likeness (QED) is 0.168. The van der Waals surface area contributed by atoms with Crippen molar-refractivity contribution in [1.29, 1.82) is 0 Å². The molecule has 296 valence electrons. The zero-order valence-corrected chi connectivity index (χ0v) is 35.3. The van der Waals surface area contributed by atoms with E-state index in [4.69, 9.17) is 0 Å². The SMILES string of the molecule is CC1(C)c2ccccc2-c2ccc(N(c3ccccc3-c3cccc4c3-c3ccccc3C43c4ccccc4-c4ccccc43)c3ccc4ccccc4c3-c3ccccc3)cc21. The summed E-state index contributed by atoms with van der Waals surface area (Å²) in [5, 5.41) is 2.45. The molecule has 0 aromatic heterocycles. The van der Waals surface area contributed by atoms with Crippen LogP contribution in [0.5, 0.6) is 0 Å². The molecule has 0 aliphatic heterocycles. The van der Waals surface area contributed by atoms with Crippen LogP contribution in [0.2, 0.25) is 0 Å². The molecule has 3 aliphatic carbocycles. The Balaban J connectivity index is 1.11. The van der Waals surface area contributed by atoms with Crippen LogP contribution < -0.4 is 4.90 Å². The monoisotopic (exact) mass is 801 g/mol. The van der Waals surface area contributed by atoms with Gasteiger partial charge in [0.25, 0.3) is 0 Å². The van der Waals surface area contributed by atoms with E-state index in [0.717, 1.165) is 17.1 Å². The lowest BCUT2D eigenvalue weighted by Crippen LogP contribution is -2.25. The van der Waals surface area contributed by atoms with E-state index in [1.807, 2.05) is 0 Å². The zero-order valence-electron chi connectivity index (χ0n) is 35.3. The summed E-state index contributed by atoms with van der Waals surface area (Å²) >= 11 is 0. The molecule has 0 N–H and O–H groups in total. The Hall–Kier alpha value is -7.74. The summed E-state index contributed by atoms with van der Waals surface area (Å²) in [5.41, 5.74) is 23.7. The van der Waals surface area contributed by atoms with Gasteiger partial charge in [-0.25, -0.2) is 0 Å². The molecule has 63 heavy (non-hydrogen) atoms. The summed E-state index contributed by atoms with van der Waals surface area (Å²) in [6, 6.07) is 84.1. The van der Waals surface area contributed by atoms with Gasteiger partial charge in [0.15, 0.2) is 0 Å². The molecule has 10 aromatic carbocycles. The van der Waals surface area contributed by atoms with E-state index < -0.39 is 5.41 Å². The molecule has 10 aromatic rings. The predicted molar refractivity (Wildman–Crippen MR) is 263 cm³/mol. The Bertz CT molecular complexity index is 3450. The lowest BCUT2D eigenvalue weighted by molar-refractivity contribution is 0.660. The molecule has 0 bridgehead atoms. The van der Waals surface area contributed by atoms with E-state index in [-0.39, 0.29) is 5.41 Å². The Morgan fingerprint density at radius 1 is 0.317 bits per heavy atom. The first kappa shape index (κ1) is 36.0. The molecule has 0 fully saturated rings. The highest BCUT2D eigenvalue weighted by Gasteiger charge is 2.52. The topological polar surface area (TPSA) is 3.24 Å². The van der Waals surface area contributed by atoms with Crippen LogP contribution in [0.3, 0.4) is 0 Å². The molecule has 1 nitrogen and oxygen atoms in total. The number of anilines is 3. The molecule has 0 amide bonds. The molecular formula is C62H43N. The molecule has 13 rings (SSSR count). The van der Waals surface area contributed by atoms with Crippen molar-refractivity contribution in [2.24, 2.45) is 0 Å². The number of fused-ring (bicyclic) bond motifs is 14. The standard InChI is InChI=1S/C62H43N/c1-61(2)51-29-13-8-23-44(51)47-37-36-42(39-56(47)61)63(58-38-35-40-19-6-7-22-43(40)59(58)41-20-4-3-5-21-41)57-34-17-12-26-48(57)49-28-18-33-55-60(49)50-27-11-16-32-54(50)62(55)52-30-14-9-24-45(52)46-25-10-15-31-53(46)62/h3-39H,1-2H3. The fraction of sp³-hybridized carbons (Fsp3) is 0.0645. The van der Waals surface area contributed by atoms with Gasteiger partial charge in [-0.1, -0.05) is 214 Å². The van der Waals surface area contributed by atoms with Crippen molar-refractivity contribution >= 4 is 27.8 Å². The zero-order chi connectivity index (χ0) is 41.9. The highest BCUT2D eigenvalue weighted by Crippen LogP contribution is 2.64. The van der Waals surface area contributed by atoms with Crippen LogP contribution in [0.4, 0.5) is 17.1 Å². The van der Waals surface area contributed by atoms with Gasteiger partial charge in [-0.3, -0.25) is 0 Å². The molecule has 0 unspecified atom stereocenters. The van der Waals surface area contributed by atoms with Gasteiger partial charge in [0.1, 0.15) is 0 Å². The average molecular weight is 802 g/mol. The molecule has 1 heteroatoms. The third-order valence-electron chi connectivity index (χ3n) is 14.5. The Labute approximate surface area is 369 Å². The van der Waals surface area contributed by atoms with Crippen molar-refractivity contribution in [2.45, 2.75) is 24.7 Å². The predicted octanol–water partition coefficient (Wildman–Crippen LogP) is 16.3. The summed E-state index contributed by atoms with van der Waals surface area (Å²) in [4.78, 5) is 2.56. The summed E-state index contributed by atoms with van der Waals surface area (Å²) in [5.74, 6) is 0. The number of hydrogen-bond acceptors (Lipinski definition) is 1. The van der Waals surface area contributed by atoms with Gasteiger partial charge < -0.3 is 4.90 Å². The first-order valence-electron chi connectivity index (χ1n) is 22.2. The van der Waals surface area contributed by atoms with Crippen LogP contribution >= 0.6 is 0 Å². The van der Waals surface area contributed by atoms with E-state index in [1.165, 1.54) is 99.8 Å². The smallest absolute Gasteiger partial charge is 0.0725 e. The fourth-order valence-electron chi connectivity index (χ4n) is 11.9. The summed E-state index contributed by atoms with van der Waals surface area (Å²) < 4.78 is 0. The van der Waals surface area contributed by atoms with Crippen molar-refractivity contribution in [3.8, 4) is 55.6 Å². The first-order valence-corrected chi connectivity index (χ1v) is 22.2. The minimum absolute atomic E-state index is 0.162. The van der Waals surface area contributed by atoms with E-state index in [2.05, 4.69) is 243 Å². The Morgan fingerprint density at radius 2 is 0.841 bits per heavy atom. The molecule has 1 spiro atoms.